The van der Waals surface area contributed by atoms with Crippen LogP contribution in [0.2, 0.25) is 0 Å². The first-order valence-corrected chi connectivity index (χ1v) is 5.70. The standard InChI is InChI=1S/C15H10/c1-7-8-2-3-9-12(7)6-13-10-4-5-11(13)15(9)14(8)10/h4-6H,2-3H2,1H3. The fourth-order valence-electron chi connectivity index (χ4n) is 3.85. The Hall–Kier alpha value is -1.56. The van der Waals surface area contributed by atoms with Crippen LogP contribution < -0.4 is 5.22 Å². The molecule has 0 nitrogen and oxygen atoms in total. The zero-order valence-corrected chi connectivity index (χ0v) is 8.65. The van der Waals surface area contributed by atoms with E-state index in [-0.39, 0.29) is 0 Å². The number of benzene rings is 2. The van der Waals surface area contributed by atoms with Crippen molar-refractivity contribution in [3.05, 3.63) is 45.2 Å². The Bertz CT molecular complexity index is 758. The fourth-order valence-corrected chi connectivity index (χ4v) is 3.85. The third-order valence-corrected chi connectivity index (χ3v) is 4.48. The minimum absolute atomic E-state index is 1.27. The molecule has 4 aliphatic rings. The second kappa shape index (κ2) is 1.76. The highest BCUT2D eigenvalue weighted by Gasteiger charge is 2.31. The van der Waals surface area contributed by atoms with Crippen molar-refractivity contribution in [1.29, 1.82) is 0 Å². The summed E-state index contributed by atoms with van der Waals surface area (Å²) in [4.78, 5) is 0. The van der Waals surface area contributed by atoms with E-state index < -0.39 is 0 Å². The zero-order chi connectivity index (χ0) is 9.73. The summed E-state index contributed by atoms with van der Waals surface area (Å²) in [6.07, 6.45) is 7.16. The molecule has 0 radical (unpaired) electrons. The van der Waals surface area contributed by atoms with Gasteiger partial charge in [0.15, 0.2) is 0 Å². The van der Waals surface area contributed by atoms with E-state index in [9.17, 15) is 0 Å². The third-order valence-electron chi connectivity index (χ3n) is 4.48. The fraction of sp³-hybridized carbons (Fsp3) is 0.200. The molecule has 0 heterocycles. The van der Waals surface area contributed by atoms with Gasteiger partial charge in [-0.1, -0.05) is 12.2 Å². The quantitative estimate of drug-likeness (QED) is 0.598. The van der Waals surface area contributed by atoms with Gasteiger partial charge in [0.25, 0.3) is 0 Å². The van der Waals surface area contributed by atoms with Gasteiger partial charge in [-0.3, -0.25) is 0 Å². The van der Waals surface area contributed by atoms with Crippen LogP contribution in [0.4, 0.5) is 0 Å². The van der Waals surface area contributed by atoms with Crippen LogP contribution in [0.3, 0.4) is 0 Å². The molecule has 0 heteroatoms. The van der Waals surface area contributed by atoms with Crippen LogP contribution in [0.25, 0.3) is 22.4 Å². The Balaban J connectivity index is 2.35. The Morgan fingerprint density at radius 3 is 2.87 bits per heavy atom. The summed E-state index contributed by atoms with van der Waals surface area (Å²) in [5.41, 5.74) is 9.36. The first-order valence-electron chi connectivity index (χ1n) is 5.70. The van der Waals surface area contributed by atoms with Crippen molar-refractivity contribution in [2.24, 2.45) is 0 Å². The van der Waals surface area contributed by atoms with Gasteiger partial charge < -0.3 is 0 Å². The second-order valence-electron chi connectivity index (χ2n) is 4.96. The topological polar surface area (TPSA) is 0 Å². The van der Waals surface area contributed by atoms with Crippen LogP contribution in [0.1, 0.15) is 27.8 Å². The maximum Gasteiger partial charge on any atom is -0.00578 e. The first kappa shape index (κ1) is 6.84. The minimum Gasteiger partial charge on any atom is -0.0531 e. The number of hydrogen-bond acceptors (Lipinski definition) is 0. The first-order chi connectivity index (χ1) is 7.36. The van der Waals surface area contributed by atoms with E-state index in [2.05, 4.69) is 25.1 Å². The van der Waals surface area contributed by atoms with Crippen molar-refractivity contribution >= 4 is 22.4 Å². The summed E-state index contributed by atoms with van der Waals surface area (Å²) in [7, 11) is 0. The van der Waals surface area contributed by atoms with Crippen molar-refractivity contribution in [2.75, 3.05) is 0 Å². The van der Waals surface area contributed by atoms with Crippen LogP contribution in [0, 0.1) is 6.92 Å². The van der Waals surface area contributed by atoms with Crippen molar-refractivity contribution in [3.63, 3.8) is 0 Å². The van der Waals surface area contributed by atoms with Gasteiger partial charge in [0.2, 0.25) is 0 Å². The van der Waals surface area contributed by atoms with E-state index in [0.717, 1.165) is 0 Å². The molecule has 70 valence electrons. The normalized spacial score (nSPS) is 18.1. The average molecular weight is 190 g/mol. The summed E-state index contributed by atoms with van der Waals surface area (Å²) in [5.74, 6) is 0. The van der Waals surface area contributed by atoms with E-state index in [1.54, 1.807) is 32.7 Å². The molecule has 0 N–H and O–H groups in total. The van der Waals surface area contributed by atoms with Crippen molar-refractivity contribution < 1.29 is 0 Å². The predicted molar refractivity (Wildman–Crippen MR) is 62.9 cm³/mol. The number of hydrogen-bond donors (Lipinski definition) is 0. The summed E-state index contributed by atoms with van der Waals surface area (Å²) < 4.78 is 0. The van der Waals surface area contributed by atoms with Gasteiger partial charge in [0.1, 0.15) is 0 Å². The predicted octanol–water partition coefficient (Wildman–Crippen LogP) is 2.50. The molecular formula is C15H10. The molecule has 0 unspecified atom stereocenters. The van der Waals surface area contributed by atoms with Gasteiger partial charge in [0.05, 0.1) is 0 Å². The summed E-state index contributed by atoms with van der Waals surface area (Å²) in [6, 6.07) is 2.43. The van der Waals surface area contributed by atoms with E-state index in [1.807, 2.05) is 0 Å². The van der Waals surface area contributed by atoms with E-state index in [4.69, 9.17) is 0 Å². The number of allylic oxidation sites excluding steroid dienone is 1. The number of rotatable bonds is 0. The molecule has 0 saturated carbocycles. The molecule has 0 spiro atoms. The van der Waals surface area contributed by atoms with Crippen molar-refractivity contribution in [3.8, 4) is 0 Å². The highest BCUT2D eigenvalue weighted by molar-refractivity contribution is 6.09. The molecule has 6 rings (SSSR count). The van der Waals surface area contributed by atoms with Crippen LogP contribution in [0.15, 0.2) is 12.1 Å². The number of aryl methyl sites for hydroxylation is 2. The monoisotopic (exact) mass is 190 g/mol. The lowest BCUT2D eigenvalue weighted by Gasteiger charge is -2.22. The van der Waals surface area contributed by atoms with Gasteiger partial charge in [-0.2, -0.15) is 0 Å². The second-order valence-corrected chi connectivity index (χ2v) is 4.96. The summed E-state index contributed by atoms with van der Waals surface area (Å²) >= 11 is 0. The van der Waals surface area contributed by atoms with Gasteiger partial charge >= 0.3 is 0 Å². The Kier molecular flexibility index (Phi) is 0.801. The molecular weight excluding hydrogens is 180 g/mol. The average Bonchev–Trinajstić information content (AvgIpc) is 2.76. The Labute approximate surface area is 87.9 Å². The molecule has 2 aromatic carbocycles. The Morgan fingerprint density at radius 2 is 1.93 bits per heavy atom. The summed E-state index contributed by atoms with van der Waals surface area (Å²) in [6.45, 7) is 2.30. The van der Waals surface area contributed by atoms with Gasteiger partial charge in [-0.25, -0.2) is 0 Å². The molecule has 7 bridgehead atoms. The van der Waals surface area contributed by atoms with Gasteiger partial charge in [-0.05, 0) is 75.2 Å². The highest BCUT2D eigenvalue weighted by Crippen LogP contribution is 2.44. The lowest BCUT2D eigenvalue weighted by atomic mass is 9.81. The van der Waals surface area contributed by atoms with E-state index in [1.165, 1.54) is 29.5 Å². The zero-order valence-electron chi connectivity index (χ0n) is 8.65. The molecule has 0 amide bonds. The van der Waals surface area contributed by atoms with E-state index in [0.29, 0.717) is 0 Å². The van der Waals surface area contributed by atoms with Crippen LogP contribution in [-0.4, -0.2) is 0 Å². The van der Waals surface area contributed by atoms with Crippen molar-refractivity contribution in [1.82, 2.24) is 0 Å². The maximum absolute atomic E-state index is 2.43. The van der Waals surface area contributed by atoms with Crippen LogP contribution in [0.5, 0.6) is 0 Å². The molecule has 0 fully saturated rings. The molecule has 2 aromatic rings. The molecule has 0 saturated heterocycles. The molecule has 0 aliphatic heterocycles. The molecule has 15 heavy (non-hydrogen) atoms. The molecule has 0 atom stereocenters. The molecule has 0 aromatic heterocycles. The number of fused-ring (bicyclic) bond motifs is 1. The Morgan fingerprint density at radius 1 is 1.07 bits per heavy atom. The molecule has 4 aliphatic carbocycles. The lowest BCUT2D eigenvalue weighted by Crippen LogP contribution is -2.22. The smallest absolute Gasteiger partial charge is 0.00578 e. The minimum atomic E-state index is 1.27. The maximum atomic E-state index is 2.43. The lowest BCUT2D eigenvalue weighted by molar-refractivity contribution is 0.923. The van der Waals surface area contributed by atoms with Crippen LogP contribution in [-0.2, 0) is 12.8 Å². The van der Waals surface area contributed by atoms with Crippen LogP contribution >= 0.6 is 0 Å². The van der Waals surface area contributed by atoms with E-state index >= 15 is 0 Å². The summed E-state index contributed by atoms with van der Waals surface area (Å²) in [5, 5.41) is 4.75. The SMILES string of the molecule is Cc1c2c3c4c5c(cc1c4CC2)C=3C=C5. The third kappa shape index (κ3) is 0.493. The van der Waals surface area contributed by atoms with Crippen molar-refractivity contribution in [2.45, 2.75) is 19.8 Å². The highest BCUT2D eigenvalue weighted by atomic mass is 14.3. The van der Waals surface area contributed by atoms with Gasteiger partial charge in [-0.15, -0.1) is 0 Å². The van der Waals surface area contributed by atoms with Gasteiger partial charge in [0, 0.05) is 0 Å². The largest absolute Gasteiger partial charge is 0.0531 e.